The molecule has 0 saturated heterocycles. The number of anilines is 3. The van der Waals surface area contributed by atoms with Crippen LogP contribution in [0.25, 0.3) is 0 Å². The summed E-state index contributed by atoms with van der Waals surface area (Å²) in [5.74, 6) is 0.0347. The van der Waals surface area contributed by atoms with E-state index in [-0.39, 0.29) is 5.75 Å². The second-order valence-electron chi connectivity index (χ2n) is 6.02. The van der Waals surface area contributed by atoms with Gasteiger partial charge >= 0.3 is 0 Å². The fraction of sp³-hybridized carbons (Fsp3) is 0. The maximum Gasteiger partial charge on any atom is 0.153 e. The zero-order valence-corrected chi connectivity index (χ0v) is 15.3. The quantitative estimate of drug-likeness (QED) is 0.427. The Kier molecular flexibility index (Phi) is 6.58. The number of aldehydes is 1. The van der Waals surface area contributed by atoms with Gasteiger partial charge in [0.15, 0.2) is 6.29 Å². The van der Waals surface area contributed by atoms with Crippen molar-refractivity contribution in [3.05, 3.63) is 121 Å². The number of carbonyl (C=O) groups is 1. The first-order valence-corrected chi connectivity index (χ1v) is 8.98. The molecule has 28 heavy (non-hydrogen) atoms. The van der Waals surface area contributed by atoms with Gasteiger partial charge in [-0.15, -0.1) is 0 Å². The van der Waals surface area contributed by atoms with Crippen LogP contribution in [-0.4, -0.2) is 11.4 Å². The molecule has 4 aromatic carbocycles. The highest BCUT2D eigenvalue weighted by Gasteiger charge is 2.10. The first kappa shape index (κ1) is 18.9. The molecule has 0 spiro atoms. The van der Waals surface area contributed by atoms with E-state index in [0.717, 1.165) is 0 Å². The molecule has 4 rings (SSSR count). The predicted molar refractivity (Wildman–Crippen MR) is 115 cm³/mol. The van der Waals surface area contributed by atoms with Gasteiger partial charge in [-0.2, -0.15) is 0 Å². The van der Waals surface area contributed by atoms with E-state index in [0.29, 0.717) is 11.8 Å². The Balaban J connectivity index is 0.000000211. The number of para-hydroxylation sites is 4. The van der Waals surface area contributed by atoms with Gasteiger partial charge in [0.25, 0.3) is 0 Å². The molecular formula is C25H21NO2. The number of phenols is 1. The lowest BCUT2D eigenvalue weighted by Gasteiger charge is -2.25. The van der Waals surface area contributed by atoms with Gasteiger partial charge in [-0.25, -0.2) is 0 Å². The Morgan fingerprint density at radius 3 is 1.21 bits per heavy atom. The van der Waals surface area contributed by atoms with Crippen molar-refractivity contribution in [2.45, 2.75) is 0 Å². The molecule has 1 N–H and O–H groups in total. The monoisotopic (exact) mass is 367 g/mol. The number of benzene rings is 4. The van der Waals surface area contributed by atoms with Crippen LogP contribution in [-0.2, 0) is 0 Å². The van der Waals surface area contributed by atoms with Crippen LogP contribution in [0, 0.1) is 0 Å². The number of phenolic OH excluding ortho intramolecular Hbond substituents is 1. The van der Waals surface area contributed by atoms with E-state index in [1.165, 1.54) is 23.1 Å². The Morgan fingerprint density at radius 2 is 0.893 bits per heavy atom. The summed E-state index contributed by atoms with van der Waals surface area (Å²) in [6.07, 6.45) is 0.620. The molecule has 0 saturated carbocycles. The van der Waals surface area contributed by atoms with Gasteiger partial charge < -0.3 is 10.0 Å². The van der Waals surface area contributed by atoms with Crippen molar-refractivity contribution in [1.82, 2.24) is 0 Å². The minimum Gasteiger partial charge on any atom is -0.507 e. The molecule has 0 amide bonds. The molecule has 3 heteroatoms. The summed E-state index contributed by atoms with van der Waals surface area (Å²) >= 11 is 0. The largest absolute Gasteiger partial charge is 0.507 e. The van der Waals surface area contributed by atoms with Crippen LogP contribution in [0.3, 0.4) is 0 Å². The van der Waals surface area contributed by atoms with Crippen molar-refractivity contribution in [2.75, 3.05) is 4.90 Å². The van der Waals surface area contributed by atoms with E-state index in [4.69, 9.17) is 5.11 Å². The van der Waals surface area contributed by atoms with E-state index in [1.54, 1.807) is 18.2 Å². The molecule has 138 valence electrons. The van der Waals surface area contributed by atoms with Crippen molar-refractivity contribution in [1.29, 1.82) is 0 Å². The highest BCUT2D eigenvalue weighted by Crippen LogP contribution is 2.33. The lowest BCUT2D eigenvalue weighted by Crippen LogP contribution is -2.09. The highest BCUT2D eigenvalue weighted by molar-refractivity contribution is 5.78. The van der Waals surface area contributed by atoms with Gasteiger partial charge in [-0.3, -0.25) is 4.79 Å². The number of nitrogens with zero attached hydrogens (tertiary/aromatic N) is 1. The first-order chi connectivity index (χ1) is 13.8. The van der Waals surface area contributed by atoms with Crippen LogP contribution in [0.1, 0.15) is 10.4 Å². The molecule has 0 aliphatic rings. The lowest BCUT2D eigenvalue weighted by atomic mass is 10.2. The van der Waals surface area contributed by atoms with E-state index >= 15 is 0 Å². The van der Waals surface area contributed by atoms with Crippen LogP contribution in [0.2, 0.25) is 0 Å². The van der Waals surface area contributed by atoms with Gasteiger partial charge in [0, 0.05) is 17.1 Å². The summed E-state index contributed by atoms with van der Waals surface area (Å²) < 4.78 is 0. The lowest BCUT2D eigenvalue weighted by molar-refractivity contribution is 0.112. The number of aromatic hydroxyl groups is 1. The maximum absolute atomic E-state index is 10.1. The molecule has 0 aromatic heterocycles. The summed E-state index contributed by atoms with van der Waals surface area (Å²) in [4.78, 5) is 12.3. The van der Waals surface area contributed by atoms with Crippen molar-refractivity contribution in [2.24, 2.45) is 0 Å². The predicted octanol–water partition coefficient (Wildman–Crippen LogP) is 6.36. The molecule has 0 radical (unpaired) electrons. The molecule has 0 aliphatic carbocycles. The number of hydrogen-bond acceptors (Lipinski definition) is 3. The summed E-state index contributed by atoms with van der Waals surface area (Å²) in [5, 5.41) is 8.88. The molecule has 0 aliphatic heterocycles. The van der Waals surface area contributed by atoms with Gasteiger partial charge in [-0.05, 0) is 48.5 Å². The minimum atomic E-state index is 0.0347. The SMILES string of the molecule is O=Cc1ccccc1O.c1ccc(N(c2ccccc2)c2ccccc2)cc1. The standard InChI is InChI=1S/C18H15N.C7H6O2/c1-4-10-16(11-5-1)19(17-12-6-2-7-13-17)18-14-8-3-9-15-18;8-5-6-3-1-2-4-7(6)9/h1-15H;1-5,9H. The summed E-state index contributed by atoms with van der Waals surface area (Å²) in [7, 11) is 0. The second-order valence-corrected chi connectivity index (χ2v) is 6.02. The van der Waals surface area contributed by atoms with Gasteiger partial charge in [0.05, 0.1) is 5.56 Å². The summed E-state index contributed by atoms with van der Waals surface area (Å²) in [6.45, 7) is 0. The summed E-state index contributed by atoms with van der Waals surface area (Å²) in [5.41, 5.74) is 3.83. The van der Waals surface area contributed by atoms with Gasteiger partial charge in [-0.1, -0.05) is 66.7 Å². The minimum absolute atomic E-state index is 0.0347. The van der Waals surface area contributed by atoms with Crippen LogP contribution < -0.4 is 4.90 Å². The third-order valence-electron chi connectivity index (χ3n) is 4.11. The van der Waals surface area contributed by atoms with Gasteiger partial charge in [0.2, 0.25) is 0 Å². The van der Waals surface area contributed by atoms with Crippen molar-refractivity contribution in [3.63, 3.8) is 0 Å². The van der Waals surface area contributed by atoms with Crippen molar-refractivity contribution < 1.29 is 9.90 Å². The van der Waals surface area contributed by atoms with Crippen LogP contribution in [0.15, 0.2) is 115 Å². The average molecular weight is 367 g/mol. The molecule has 0 heterocycles. The fourth-order valence-electron chi connectivity index (χ4n) is 2.77. The van der Waals surface area contributed by atoms with Crippen LogP contribution in [0.4, 0.5) is 17.1 Å². The zero-order chi connectivity index (χ0) is 19.6. The Hall–Kier alpha value is -3.85. The van der Waals surface area contributed by atoms with E-state index in [1.807, 2.05) is 18.2 Å². The maximum atomic E-state index is 10.1. The normalized spacial score (nSPS) is 9.71. The van der Waals surface area contributed by atoms with Gasteiger partial charge in [0.1, 0.15) is 5.75 Å². The third-order valence-corrected chi connectivity index (χ3v) is 4.11. The molecular weight excluding hydrogens is 346 g/mol. The Labute approximate surface area is 165 Å². The highest BCUT2D eigenvalue weighted by atomic mass is 16.3. The molecule has 0 atom stereocenters. The van der Waals surface area contributed by atoms with E-state index < -0.39 is 0 Å². The van der Waals surface area contributed by atoms with Crippen molar-refractivity contribution >= 4 is 23.3 Å². The topological polar surface area (TPSA) is 40.5 Å². The zero-order valence-electron chi connectivity index (χ0n) is 15.3. The molecule has 0 unspecified atom stereocenters. The van der Waals surface area contributed by atoms with Crippen LogP contribution >= 0.6 is 0 Å². The first-order valence-electron chi connectivity index (χ1n) is 8.98. The number of carbonyl (C=O) groups excluding carboxylic acids is 1. The Bertz CT molecular complexity index is 893. The van der Waals surface area contributed by atoms with E-state index in [2.05, 4.69) is 77.7 Å². The molecule has 0 bridgehead atoms. The van der Waals surface area contributed by atoms with Crippen molar-refractivity contribution in [3.8, 4) is 5.75 Å². The third kappa shape index (κ3) is 4.86. The molecule has 3 nitrogen and oxygen atoms in total. The number of rotatable bonds is 4. The second kappa shape index (κ2) is 9.74. The molecule has 0 fully saturated rings. The molecule has 4 aromatic rings. The fourth-order valence-corrected chi connectivity index (χ4v) is 2.77. The Morgan fingerprint density at radius 1 is 0.536 bits per heavy atom. The smallest absolute Gasteiger partial charge is 0.153 e. The van der Waals surface area contributed by atoms with Crippen LogP contribution in [0.5, 0.6) is 5.75 Å². The van der Waals surface area contributed by atoms with E-state index in [9.17, 15) is 4.79 Å². The number of hydrogen-bond donors (Lipinski definition) is 1. The average Bonchev–Trinajstić information content (AvgIpc) is 2.77. The summed E-state index contributed by atoms with van der Waals surface area (Å²) in [6, 6.07) is 37.7.